The zero-order chi connectivity index (χ0) is 20.8. The van der Waals surface area contributed by atoms with Crippen molar-refractivity contribution >= 4 is 16.8 Å². The first-order valence-corrected chi connectivity index (χ1v) is 11.6. The van der Waals surface area contributed by atoms with Gasteiger partial charge in [-0.15, -0.1) is 0 Å². The molecule has 0 aliphatic heterocycles. The Morgan fingerprint density at radius 3 is 2.41 bits per heavy atom. The monoisotopic (exact) mass is 392 g/mol. The molecule has 29 heavy (non-hydrogen) atoms. The maximum absolute atomic E-state index is 13.6. The third kappa shape index (κ3) is 3.62. The highest BCUT2D eigenvalue weighted by Gasteiger charge is 2.51. The molecule has 2 aromatic rings. The van der Waals surface area contributed by atoms with Crippen LogP contribution in [-0.4, -0.2) is 15.8 Å². The number of fused-ring (bicyclic) bond motifs is 2. The Labute approximate surface area is 175 Å². The first-order valence-electron chi connectivity index (χ1n) is 11.6. The van der Waals surface area contributed by atoms with Crippen molar-refractivity contribution in [1.29, 1.82) is 0 Å². The molecule has 4 rings (SSSR count). The summed E-state index contributed by atoms with van der Waals surface area (Å²) < 4.78 is 0. The number of hydrogen-bond acceptors (Lipinski definition) is 3. The van der Waals surface area contributed by atoms with Crippen LogP contribution in [0.5, 0.6) is 0 Å². The zero-order valence-electron chi connectivity index (χ0n) is 18.7. The predicted molar refractivity (Wildman–Crippen MR) is 119 cm³/mol. The van der Waals surface area contributed by atoms with E-state index in [1.54, 1.807) is 0 Å². The minimum absolute atomic E-state index is 0.296. The van der Waals surface area contributed by atoms with Crippen LogP contribution in [-0.2, 0) is 11.2 Å². The molecule has 0 bridgehead atoms. The number of aromatic nitrogens is 2. The molecule has 2 fully saturated rings. The van der Waals surface area contributed by atoms with E-state index in [9.17, 15) is 4.79 Å². The van der Waals surface area contributed by atoms with Crippen LogP contribution in [0.3, 0.4) is 0 Å². The van der Waals surface area contributed by atoms with E-state index in [0.29, 0.717) is 35.4 Å². The molecule has 0 saturated heterocycles. The highest BCUT2D eigenvalue weighted by Crippen LogP contribution is 2.54. The van der Waals surface area contributed by atoms with E-state index in [2.05, 4.69) is 34.6 Å². The Morgan fingerprint density at radius 1 is 1.03 bits per heavy atom. The number of ketones is 1. The van der Waals surface area contributed by atoms with Crippen molar-refractivity contribution in [3.63, 3.8) is 0 Å². The first kappa shape index (κ1) is 20.5. The van der Waals surface area contributed by atoms with Gasteiger partial charge in [0, 0.05) is 18.3 Å². The average Bonchev–Trinajstić information content (AvgIpc) is 3.08. The number of nitrogens with zero attached hydrogens (tertiary/aromatic N) is 2. The van der Waals surface area contributed by atoms with Crippen molar-refractivity contribution < 1.29 is 4.79 Å². The number of rotatable bonds is 3. The fraction of sp³-hybridized carbons (Fsp3) is 0.654. The van der Waals surface area contributed by atoms with Gasteiger partial charge in [0.2, 0.25) is 0 Å². The topological polar surface area (TPSA) is 42.9 Å². The third-order valence-corrected chi connectivity index (χ3v) is 7.95. The van der Waals surface area contributed by atoms with Gasteiger partial charge in [-0.25, -0.2) is 9.97 Å². The summed E-state index contributed by atoms with van der Waals surface area (Å²) in [6, 6.07) is 8.13. The van der Waals surface area contributed by atoms with Gasteiger partial charge in [-0.05, 0) is 54.6 Å². The number of benzene rings is 1. The summed E-state index contributed by atoms with van der Waals surface area (Å²) in [4.78, 5) is 23.6. The minimum atomic E-state index is -0.337. The highest BCUT2D eigenvalue weighted by molar-refractivity contribution is 5.85. The van der Waals surface area contributed by atoms with Gasteiger partial charge in [0.25, 0.3) is 0 Å². The fourth-order valence-corrected chi connectivity index (χ4v) is 6.45. The Balaban J connectivity index is 1.81. The van der Waals surface area contributed by atoms with Crippen molar-refractivity contribution in [2.24, 2.45) is 29.1 Å². The molecule has 2 aliphatic carbocycles. The predicted octanol–water partition coefficient (Wildman–Crippen LogP) is 6.35. The molecule has 0 radical (unpaired) electrons. The van der Waals surface area contributed by atoms with Crippen molar-refractivity contribution in [1.82, 2.24) is 9.97 Å². The summed E-state index contributed by atoms with van der Waals surface area (Å²) in [6.07, 6.45) is 6.21. The van der Waals surface area contributed by atoms with E-state index in [4.69, 9.17) is 9.97 Å². The molecule has 2 saturated carbocycles. The lowest BCUT2D eigenvalue weighted by Gasteiger charge is -2.44. The van der Waals surface area contributed by atoms with Gasteiger partial charge in [0.1, 0.15) is 5.78 Å². The molecular formula is C26H36N2O. The van der Waals surface area contributed by atoms with Crippen LogP contribution in [0, 0.1) is 29.1 Å². The largest absolute Gasteiger partial charge is 0.299 e. The number of carbonyl (C=O) groups is 1. The Morgan fingerprint density at radius 2 is 1.72 bits per heavy atom. The molecule has 3 nitrogen and oxygen atoms in total. The SMILES string of the molecule is CC(C)c1nc2ccccc2nc1CC1(C)C(=O)CCCC(C)C2CCC(C)C21. The Bertz CT molecular complexity index is 905. The second-order valence-corrected chi connectivity index (χ2v) is 10.3. The number of hydrogen-bond donors (Lipinski definition) is 0. The normalized spacial score (nSPS) is 33.0. The van der Waals surface area contributed by atoms with Gasteiger partial charge in [-0.1, -0.05) is 59.6 Å². The van der Waals surface area contributed by atoms with E-state index in [0.717, 1.165) is 41.7 Å². The third-order valence-electron chi connectivity index (χ3n) is 7.95. The van der Waals surface area contributed by atoms with Crippen molar-refractivity contribution in [3.05, 3.63) is 35.7 Å². The zero-order valence-corrected chi connectivity index (χ0v) is 18.7. The Kier molecular flexibility index (Phi) is 5.52. The van der Waals surface area contributed by atoms with Crippen molar-refractivity contribution in [2.75, 3.05) is 0 Å². The molecule has 3 heteroatoms. The van der Waals surface area contributed by atoms with Crippen molar-refractivity contribution in [3.8, 4) is 0 Å². The van der Waals surface area contributed by atoms with Crippen LogP contribution in [0.25, 0.3) is 11.0 Å². The molecule has 5 unspecified atom stereocenters. The molecule has 1 aromatic heterocycles. The van der Waals surface area contributed by atoms with Crippen molar-refractivity contribution in [2.45, 2.75) is 79.1 Å². The van der Waals surface area contributed by atoms with Crippen LogP contribution in [0.2, 0.25) is 0 Å². The molecule has 0 amide bonds. The van der Waals surface area contributed by atoms with E-state index in [1.165, 1.54) is 19.3 Å². The van der Waals surface area contributed by atoms with Gasteiger partial charge < -0.3 is 0 Å². The van der Waals surface area contributed by atoms with Gasteiger partial charge in [-0.3, -0.25) is 4.79 Å². The van der Waals surface area contributed by atoms with Gasteiger partial charge in [0.05, 0.1) is 22.4 Å². The lowest BCUT2D eigenvalue weighted by molar-refractivity contribution is -0.134. The molecule has 5 atom stereocenters. The molecule has 2 aliphatic rings. The summed E-state index contributed by atoms with van der Waals surface area (Å²) in [5.41, 5.74) is 3.67. The second kappa shape index (κ2) is 7.81. The molecule has 0 spiro atoms. The average molecular weight is 393 g/mol. The molecule has 156 valence electrons. The fourth-order valence-electron chi connectivity index (χ4n) is 6.45. The highest BCUT2D eigenvalue weighted by atomic mass is 16.1. The number of carbonyl (C=O) groups excluding carboxylic acids is 1. The lowest BCUT2D eigenvalue weighted by Crippen LogP contribution is -2.45. The maximum Gasteiger partial charge on any atom is 0.139 e. The Hall–Kier alpha value is -1.77. The molecule has 0 N–H and O–H groups in total. The second-order valence-electron chi connectivity index (χ2n) is 10.3. The van der Waals surface area contributed by atoms with Crippen LogP contribution in [0.4, 0.5) is 0 Å². The smallest absolute Gasteiger partial charge is 0.139 e. The molecule has 1 aromatic carbocycles. The summed E-state index contributed by atoms with van der Waals surface area (Å²) in [5.74, 6) is 3.19. The van der Waals surface area contributed by atoms with E-state index in [-0.39, 0.29) is 5.41 Å². The van der Waals surface area contributed by atoms with Crippen LogP contribution >= 0.6 is 0 Å². The first-order chi connectivity index (χ1) is 13.8. The van der Waals surface area contributed by atoms with E-state index >= 15 is 0 Å². The lowest BCUT2D eigenvalue weighted by atomic mass is 9.59. The summed E-state index contributed by atoms with van der Waals surface area (Å²) in [6.45, 7) is 11.4. The number of Topliss-reactive ketones (excluding diaryl/α,β-unsaturated/α-hetero) is 1. The number of para-hydroxylation sites is 2. The van der Waals surface area contributed by atoms with E-state index in [1.807, 2.05) is 24.3 Å². The standard InChI is InChI=1S/C26H36N2O/c1-16(2)25-22(27-20-10-6-7-11-21(20)28-25)15-26(5)23(29)12-8-9-17(3)19-14-13-18(4)24(19)26/h6-7,10-11,16-19,24H,8-9,12-15H2,1-5H3. The maximum atomic E-state index is 13.6. The quantitative estimate of drug-likeness (QED) is 0.611. The van der Waals surface area contributed by atoms with E-state index < -0.39 is 0 Å². The molecular weight excluding hydrogens is 356 g/mol. The van der Waals surface area contributed by atoms with Gasteiger partial charge in [-0.2, -0.15) is 0 Å². The summed E-state index contributed by atoms with van der Waals surface area (Å²) in [5, 5.41) is 0. The van der Waals surface area contributed by atoms with Crippen LogP contribution in [0.1, 0.15) is 84.0 Å². The summed E-state index contributed by atoms with van der Waals surface area (Å²) >= 11 is 0. The van der Waals surface area contributed by atoms with Gasteiger partial charge in [0.15, 0.2) is 0 Å². The van der Waals surface area contributed by atoms with Crippen LogP contribution < -0.4 is 0 Å². The summed E-state index contributed by atoms with van der Waals surface area (Å²) in [7, 11) is 0. The van der Waals surface area contributed by atoms with Crippen LogP contribution in [0.15, 0.2) is 24.3 Å². The molecule has 1 heterocycles. The van der Waals surface area contributed by atoms with Gasteiger partial charge >= 0.3 is 0 Å². The minimum Gasteiger partial charge on any atom is -0.299 e.